The van der Waals surface area contributed by atoms with E-state index >= 15 is 0 Å². The summed E-state index contributed by atoms with van der Waals surface area (Å²) in [4.78, 5) is 0. The van der Waals surface area contributed by atoms with Crippen molar-refractivity contribution >= 4 is 11.3 Å². The average molecular weight is 164 g/mol. The van der Waals surface area contributed by atoms with Crippen LogP contribution in [-0.2, 0) is 6.61 Å². The second-order valence-corrected chi connectivity index (χ2v) is 2.46. The molecule has 0 aromatic carbocycles. The molecule has 0 atom stereocenters. The molecule has 2 heterocycles. The number of rotatable bonds is 1. The minimum atomic E-state index is -0.134. The van der Waals surface area contributed by atoms with Crippen LogP contribution in [-0.4, -0.2) is 19.7 Å². The smallest absolute Gasteiger partial charge is 0.163 e. The van der Waals surface area contributed by atoms with Gasteiger partial charge in [-0.15, -0.1) is 10.2 Å². The van der Waals surface area contributed by atoms with Crippen molar-refractivity contribution in [2.24, 2.45) is 0 Å². The maximum atomic E-state index is 8.85. The molecule has 0 aliphatic heterocycles. The van der Waals surface area contributed by atoms with Gasteiger partial charge in [0.25, 0.3) is 0 Å². The number of nitrogens with zero attached hydrogens (tertiary/aromatic N) is 3. The SMILES string of the molecule is Nc1ccc2nnc(CO)n2c1. The van der Waals surface area contributed by atoms with Gasteiger partial charge < -0.3 is 10.8 Å². The number of anilines is 1. The predicted octanol–water partition coefficient (Wildman–Crippen LogP) is -0.196. The van der Waals surface area contributed by atoms with Crippen LogP contribution in [0.5, 0.6) is 0 Å². The molecule has 3 N–H and O–H groups in total. The molecule has 5 nitrogen and oxygen atoms in total. The number of aliphatic hydroxyl groups excluding tert-OH is 1. The summed E-state index contributed by atoms with van der Waals surface area (Å²) >= 11 is 0. The molecule has 0 spiro atoms. The monoisotopic (exact) mass is 164 g/mol. The summed E-state index contributed by atoms with van der Waals surface area (Å²) in [5.74, 6) is 0.498. The molecule has 2 rings (SSSR count). The molecule has 2 aromatic rings. The summed E-state index contributed by atoms with van der Waals surface area (Å²) in [6, 6.07) is 3.49. The van der Waals surface area contributed by atoms with Crippen LogP contribution in [0, 0.1) is 0 Å². The maximum Gasteiger partial charge on any atom is 0.163 e. The number of hydrogen-bond donors (Lipinski definition) is 2. The molecule has 0 unspecified atom stereocenters. The van der Waals surface area contributed by atoms with Crippen molar-refractivity contribution < 1.29 is 5.11 Å². The van der Waals surface area contributed by atoms with Crippen LogP contribution in [0.2, 0.25) is 0 Å². The first-order chi connectivity index (χ1) is 5.81. The first kappa shape index (κ1) is 7.05. The van der Waals surface area contributed by atoms with Crippen molar-refractivity contribution in [3.05, 3.63) is 24.2 Å². The van der Waals surface area contributed by atoms with Gasteiger partial charge in [0.2, 0.25) is 0 Å². The first-order valence-corrected chi connectivity index (χ1v) is 3.51. The second-order valence-electron chi connectivity index (χ2n) is 2.46. The highest BCUT2D eigenvalue weighted by Gasteiger charge is 2.02. The van der Waals surface area contributed by atoms with Gasteiger partial charge in [0, 0.05) is 11.9 Å². The fourth-order valence-corrected chi connectivity index (χ4v) is 1.06. The number of nitrogens with two attached hydrogens (primary N) is 1. The van der Waals surface area contributed by atoms with Gasteiger partial charge >= 0.3 is 0 Å². The Hall–Kier alpha value is -1.62. The van der Waals surface area contributed by atoms with Crippen LogP contribution in [0.15, 0.2) is 18.3 Å². The lowest BCUT2D eigenvalue weighted by atomic mass is 10.4. The van der Waals surface area contributed by atoms with E-state index in [1.807, 2.05) is 0 Å². The highest BCUT2D eigenvalue weighted by Crippen LogP contribution is 2.07. The summed E-state index contributed by atoms with van der Waals surface area (Å²) in [6.45, 7) is -0.134. The van der Waals surface area contributed by atoms with Crippen LogP contribution < -0.4 is 5.73 Å². The first-order valence-electron chi connectivity index (χ1n) is 3.51. The topological polar surface area (TPSA) is 76.4 Å². The Morgan fingerprint density at radius 3 is 3.00 bits per heavy atom. The van der Waals surface area contributed by atoms with Gasteiger partial charge in [0.15, 0.2) is 11.5 Å². The third-order valence-corrected chi connectivity index (χ3v) is 1.64. The molecule has 0 saturated carbocycles. The number of aromatic nitrogens is 3. The minimum absolute atomic E-state index is 0.134. The third-order valence-electron chi connectivity index (χ3n) is 1.64. The van der Waals surface area contributed by atoms with E-state index in [0.717, 1.165) is 0 Å². The summed E-state index contributed by atoms with van der Waals surface area (Å²) in [5.41, 5.74) is 6.86. The molecule has 0 aliphatic rings. The number of hydrogen-bond acceptors (Lipinski definition) is 4. The molecule has 0 saturated heterocycles. The van der Waals surface area contributed by atoms with Crippen molar-refractivity contribution in [1.82, 2.24) is 14.6 Å². The van der Waals surface area contributed by atoms with Crippen molar-refractivity contribution in [2.75, 3.05) is 5.73 Å². The number of aliphatic hydroxyl groups is 1. The average Bonchev–Trinajstić information content (AvgIpc) is 2.46. The molecule has 62 valence electrons. The molecule has 0 fully saturated rings. The Kier molecular flexibility index (Phi) is 1.44. The van der Waals surface area contributed by atoms with Crippen LogP contribution in [0.25, 0.3) is 5.65 Å². The fourth-order valence-electron chi connectivity index (χ4n) is 1.06. The lowest BCUT2D eigenvalue weighted by Gasteiger charge is -1.96. The molecule has 0 radical (unpaired) electrons. The lowest BCUT2D eigenvalue weighted by molar-refractivity contribution is 0.270. The highest BCUT2D eigenvalue weighted by molar-refractivity contribution is 5.46. The molecular formula is C7H8N4O. The Labute approximate surface area is 68.5 Å². The Morgan fingerprint density at radius 2 is 2.25 bits per heavy atom. The van der Waals surface area contributed by atoms with Crippen LogP contribution >= 0.6 is 0 Å². The minimum Gasteiger partial charge on any atom is -0.398 e. The normalized spacial score (nSPS) is 10.8. The number of fused-ring (bicyclic) bond motifs is 1. The van der Waals surface area contributed by atoms with E-state index in [1.54, 1.807) is 22.7 Å². The van der Waals surface area contributed by atoms with Crippen molar-refractivity contribution in [1.29, 1.82) is 0 Å². The van der Waals surface area contributed by atoms with Gasteiger partial charge in [-0.05, 0) is 12.1 Å². The molecule has 0 bridgehead atoms. The highest BCUT2D eigenvalue weighted by atomic mass is 16.3. The van der Waals surface area contributed by atoms with E-state index in [1.165, 1.54) is 0 Å². The Morgan fingerprint density at radius 1 is 1.42 bits per heavy atom. The quantitative estimate of drug-likeness (QED) is 0.612. The summed E-state index contributed by atoms with van der Waals surface area (Å²) in [6.07, 6.45) is 1.68. The van der Waals surface area contributed by atoms with Crippen molar-refractivity contribution in [2.45, 2.75) is 6.61 Å². The molecule has 0 aliphatic carbocycles. The van der Waals surface area contributed by atoms with E-state index < -0.39 is 0 Å². The van der Waals surface area contributed by atoms with E-state index in [4.69, 9.17) is 10.8 Å². The van der Waals surface area contributed by atoms with Gasteiger partial charge in [0.1, 0.15) is 6.61 Å². The zero-order chi connectivity index (χ0) is 8.55. The van der Waals surface area contributed by atoms with Crippen molar-refractivity contribution in [3.8, 4) is 0 Å². The van der Waals surface area contributed by atoms with E-state index in [2.05, 4.69) is 10.2 Å². The standard InChI is InChI=1S/C7H8N4O/c8-5-1-2-6-9-10-7(4-12)11(6)3-5/h1-3,12H,4,8H2. The van der Waals surface area contributed by atoms with Gasteiger partial charge in [-0.2, -0.15) is 0 Å². The fraction of sp³-hybridized carbons (Fsp3) is 0.143. The van der Waals surface area contributed by atoms with Gasteiger partial charge in [-0.1, -0.05) is 0 Å². The molecule has 12 heavy (non-hydrogen) atoms. The molecule has 2 aromatic heterocycles. The van der Waals surface area contributed by atoms with Crippen LogP contribution in [0.3, 0.4) is 0 Å². The largest absolute Gasteiger partial charge is 0.398 e. The van der Waals surface area contributed by atoms with Crippen molar-refractivity contribution in [3.63, 3.8) is 0 Å². The van der Waals surface area contributed by atoms with Crippen LogP contribution in [0.4, 0.5) is 5.69 Å². The number of nitrogen functional groups attached to an aromatic ring is 1. The Bertz CT molecular complexity index is 409. The molecular weight excluding hydrogens is 156 g/mol. The van der Waals surface area contributed by atoms with E-state index in [9.17, 15) is 0 Å². The zero-order valence-electron chi connectivity index (χ0n) is 6.31. The van der Waals surface area contributed by atoms with Gasteiger partial charge in [-0.25, -0.2) is 0 Å². The summed E-state index contributed by atoms with van der Waals surface area (Å²) in [5, 5.41) is 16.4. The predicted molar refractivity (Wildman–Crippen MR) is 43.3 cm³/mol. The number of pyridine rings is 1. The molecule has 5 heteroatoms. The van der Waals surface area contributed by atoms with Gasteiger partial charge in [0.05, 0.1) is 0 Å². The third kappa shape index (κ3) is 0.911. The maximum absolute atomic E-state index is 8.85. The second kappa shape index (κ2) is 2.46. The van der Waals surface area contributed by atoms with Crippen LogP contribution in [0.1, 0.15) is 5.82 Å². The Balaban J connectivity index is 2.75. The lowest BCUT2D eigenvalue weighted by Crippen LogP contribution is -1.95. The zero-order valence-corrected chi connectivity index (χ0v) is 6.31. The summed E-state index contributed by atoms with van der Waals surface area (Å²) < 4.78 is 1.66. The van der Waals surface area contributed by atoms with E-state index in [0.29, 0.717) is 17.2 Å². The molecule has 0 amide bonds. The summed E-state index contributed by atoms with van der Waals surface area (Å²) in [7, 11) is 0. The van der Waals surface area contributed by atoms with E-state index in [-0.39, 0.29) is 6.61 Å². The van der Waals surface area contributed by atoms with Gasteiger partial charge in [-0.3, -0.25) is 4.40 Å².